The van der Waals surface area contributed by atoms with E-state index in [4.69, 9.17) is 27.1 Å². The zero-order valence-corrected chi connectivity index (χ0v) is 39.4. The number of hydrogen-bond donors (Lipinski definition) is 9. The Morgan fingerprint density at radius 3 is 1.38 bits per heavy atom. The largest absolute Gasteiger partial charge is 0.483 e. The molecule has 2 amide bonds. The molecule has 2 aliphatic carbocycles. The molecule has 2 fully saturated rings. The number of halogens is 2. The number of rotatable bonds is 15. The Balaban J connectivity index is 0.000000336. The van der Waals surface area contributed by atoms with E-state index in [2.05, 4.69) is 20.1 Å². The van der Waals surface area contributed by atoms with Gasteiger partial charge in [0.25, 0.3) is 12.2 Å². The van der Waals surface area contributed by atoms with Crippen molar-refractivity contribution in [2.45, 2.75) is 112 Å². The first-order valence-corrected chi connectivity index (χ1v) is 24.5. The molecule has 0 unspecified atom stereocenters. The van der Waals surface area contributed by atoms with Crippen LogP contribution in [0.25, 0.3) is 0 Å². The smallest absolute Gasteiger partial charge is 0.290 e. The lowest BCUT2D eigenvalue weighted by Crippen LogP contribution is -2.41. The van der Waals surface area contributed by atoms with Gasteiger partial charge in [0.1, 0.15) is 11.6 Å². The normalized spacial score (nSPS) is 18.9. The number of amides is 2. The van der Waals surface area contributed by atoms with Gasteiger partial charge < -0.3 is 39.1 Å². The Kier molecular flexibility index (Phi) is 21.5. The van der Waals surface area contributed by atoms with Crippen LogP contribution in [0.4, 0.5) is 20.2 Å². The van der Waals surface area contributed by atoms with E-state index in [0.29, 0.717) is 62.6 Å². The first kappa shape index (κ1) is 56.4. The molecule has 0 aromatic heterocycles. The van der Waals surface area contributed by atoms with E-state index in [0.717, 1.165) is 17.2 Å². The predicted molar refractivity (Wildman–Crippen MR) is 251 cm³/mol. The quantitative estimate of drug-likeness (QED) is 0.0314. The van der Waals surface area contributed by atoms with Crippen LogP contribution in [0.1, 0.15) is 99.6 Å². The van der Waals surface area contributed by atoms with Gasteiger partial charge >= 0.3 is 0 Å². The monoisotopic (exact) mass is 989 g/mol. The third-order valence-electron chi connectivity index (χ3n) is 11.7. The van der Waals surface area contributed by atoms with Crippen molar-refractivity contribution in [1.29, 1.82) is 0 Å². The summed E-state index contributed by atoms with van der Waals surface area (Å²) in [5, 5.41) is 24.0. The van der Waals surface area contributed by atoms with Crippen molar-refractivity contribution in [3.63, 3.8) is 0 Å². The van der Waals surface area contributed by atoms with Crippen LogP contribution in [-0.4, -0.2) is 57.2 Å². The number of carbonyl (C=O) groups excluding carboxylic acids is 2. The summed E-state index contributed by atoms with van der Waals surface area (Å²) in [6.45, 7) is 3.59. The second-order valence-corrected chi connectivity index (χ2v) is 19.8. The van der Waals surface area contributed by atoms with Crippen LogP contribution in [0, 0.1) is 33.6 Å². The van der Waals surface area contributed by atoms with Gasteiger partial charge in [-0.15, -0.1) is 0 Å². The van der Waals surface area contributed by atoms with Crippen LogP contribution >= 0.6 is 0 Å². The highest BCUT2D eigenvalue weighted by Crippen LogP contribution is 2.30. The van der Waals surface area contributed by atoms with Gasteiger partial charge in [-0.05, 0) is 130 Å². The fraction of sp³-hybridized carbons (Fsp3) is 0.400. The number of nitrogen functional groups attached to an aromatic ring is 1. The number of benzene rings is 4. The number of nitrogens with two attached hydrogens (primary N) is 3. The molecule has 6 rings (SSSR count). The van der Waals surface area contributed by atoms with E-state index in [1.165, 1.54) is 48.5 Å². The fourth-order valence-electron chi connectivity index (χ4n) is 7.83. The second-order valence-electron chi connectivity index (χ2n) is 16.3. The molecule has 14 N–H and O–H groups in total. The summed E-state index contributed by atoms with van der Waals surface area (Å²) in [5.41, 5.74) is 19.5. The predicted octanol–water partition coefficient (Wildman–Crippen LogP) is 5.35. The van der Waals surface area contributed by atoms with Crippen LogP contribution < -0.4 is 43.4 Å². The molecule has 23 heteroatoms. The highest BCUT2D eigenvalue weighted by atomic mass is 32.2. The molecule has 2 aliphatic rings. The molecule has 4 aromatic rings. The van der Waals surface area contributed by atoms with Gasteiger partial charge in [0, 0.05) is 54.3 Å². The summed E-state index contributed by atoms with van der Waals surface area (Å²) < 4.78 is 82.4. The summed E-state index contributed by atoms with van der Waals surface area (Å²) in [6.07, 6.45) is 4.24. The van der Waals surface area contributed by atoms with Crippen LogP contribution in [-0.2, 0) is 47.5 Å². The topological polar surface area (TPSA) is 344 Å². The Morgan fingerprint density at radius 1 is 0.691 bits per heavy atom. The number of carbonyl (C=O) groups is 3. The lowest BCUT2D eigenvalue weighted by molar-refractivity contribution is -0.385. The Hall–Kier alpha value is -5.95. The third kappa shape index (κ3) is 16.1. The molecule has 2 atom stereocenters. The van der Waals surface area contributed by atoms with Gasteiger partial charge in [0.15, 0.2) is 0 Å². The van der Waals surface area contributed by atoms with Crippen LogP contribution in [0.3, 0.4) is 0 Å². The van der Waals surface area contributed by atoms with Gasteiger partial charge in [-0.3, -0.25) is 24.5 Å². The van der Waals surface area contributed by atoms with Gasteiger partial charge in [0.05, 0.1) is 26.8 Å². The minimum absolute atomic E-state index is 0. The van der Waals surface area contributed by atoms with Crippen LogP contribution in [0.2, 0.25) is 0 Å². The molecular weight excluding hydrogens is 929 g/mol. The van der Waals surface area contributed by atoms with Crippen molar-refractivity contribution in [3.8, 4) is 0 Å². The minimum Gasteiger partial charge on any atom is -0.483 e. The lowest BCUT2D eigenvalue weighted by atomic mass is 9.85. The van der Waals surface area contributed by atoms with Crippen molar-refractivity contribution in [3.05, 3.63) is 129 Å². The number of sulfonamides is 2. The van der Waals surface area contributed by atoms with Crippen LogP contribution in [0.15, 0.2) is 94.7 Å². The number of hydrogen-bond acceptors (Lipinski definition) is 13. The molecule has 19 nitrogen and oxygen atoms in total. The molecule has 0 saturated heterocycles. The van der Waals surface area contributed by atoms with Crippen molar-refractivity contribution in [2.75, 3.05) is 5.73 Å². The molecule has 0 spiro atoms. The Morgan fingerprint density at radius 2 is 1.04 bits per heavy atom. The summed E-state index contributed by atoms with van der Waals surface area (Å²) >= 11 is 0. The van der Waals surface area contributed by atoms with Crippen molar-refractivity contribution in [2.24, 2.45) is 23.3 Å². The van der Waals surface area contributed by atoms with E-state index in [1.807, 2.05) is 13.8 Å². The Bertz CT molecular complexity index is 2540. The van der Waals surface area contributed by atoms with Gasteiger partial charge in [-0.25, -0.2) is 35.1 Å². The number of carboxylic acid groups (broad SMARTS) is 1. The van der Waals surface area contributed by atoms with E-state index in [1.54, 1.807) is 30.3 Å². The Labute approximate surface area is 394 Å². The zero-order valence-electron chi connectivity index (χ0n) is 37.8. The molecule has 0 heterocycles. The molecule has 0 radical (unpaired) electrons. The van der Waals surface area contributed by atoms with E-state index in [-0.39, 0.29) is 106 Å². The maximum atomic E-state index is 13.1. The van der Waals surface area contributed by atoms with Gasteiger partial charge in [-0.2, -0.15) is 0 Å². The molecule has 68 heavy (non-hydrogen) atoms. The number of nitrogens with one attached hydrogen (secondary N) is 4. The summed E-state index contributed by atoms with van der Waals surface area (Å²) in [4.78, 5) is 44.1. The molecule has 0 bridgehead atoms. The number of nitro groups is 1. The minimum atomic E-state index is -3.96. The van der Waals surface area contributed by atoms with Gasteiger partial charge in [-0.1, -0.05) is 30.3 Å². The maximum absolute atomic E-state index is 13.1. The lowest BCUT2D eigenvalue weighted by Gasteiger charge is -2.29. The summed E-state index contributed by atoms with van der Waals surface area (Å²) in [5.74, 6) is -1.28. The van der Waals surface area contributed by atoms with Gasteiger partial charge in [0.2, 0.25) is 31.9 Å². The molecule has 0 aliphatic heterocycles. The number of nitrogens with zero attached hydrogens (tertiary/aromatic N) is 1. The number of nitro benzene ring substituents is 1. The van der Waals surface area contributed by atoms with Crippen molar-refractivity contribution in [1.82, 2.24) is 26.2 Å². The van der Waals surface area contributed by atoms with Crippen molar-refractivity contribution < 1.29 is 50.0 Å². The maximum Gasteiger partial charge on any atom is 0.290 e. The van der Waals surface area contributed by atoms with E-state index >= 15 is 0 Å². The molecule has 4 aromatic carbocycles. The zero-order chi connectivity index (χ0) is 49.5. The summed E-state index contributed by atoms with van der Waals surface area (Å²) in [7, 11) is -7.67. The fourth-order valence-corrected chi connectivity index (χ4v) is 10.5. The first-order valence-electron chi connectivity index (χ1n) is 21.5. The van der Waals surface area contributed by atoms with E-state index in [9.17, 15) is 45.3 Å². The highest BCUT2D eigenvalue weighted by molar-refractivity contribution is 7.89. The van der Waals surface area contributed by atoms with E-state index < -0.39 is 25.0 Å². The highest BCUT2D eigenvalue weighted by Gasteiger charge is 2.32. The SMILES string of the molecule is C[C@@H](NC(=O)C1CCC(NS(=O)(=O)c2ccc(CN)c(N)c2)CC1)c1ccc(F)cc1.C[C@@H](NC(=O)C1CCC(NS(=O)(=O)c2ccc(CN)c([N+](=O)[O-])c2)CC1)c1ccc(F)cc1.N.O=CO. The summed E-state index contributed by atoms with van der Waals surface area (Å²) in [6, 6.07) is 19.0. The molecular formula is C45H61F2N9O10S2. The standard InChI is InChI=1S/C22H27FN4O5S.C22H29FN4O3S.CH2O2.H3N/c1-14(15-2-7-18(23)8-3-15)25-22(28)16-4-9-19(10-5-16)26-33(31,32)20-11-6-17(13-24)21(12-20)27(29)30;1-14(15-2-7-18(23)8-3-15)26-22(28)16-4-9-19(10-5-16)27-31(29,30)20-11-6-17(13-24)21(25)12-20;2-1-3;/h2-3,6-8,11-12,14,16,19,26H,4-5,9-10,13,24H2,1H3,(H,25,28);2-3,6-8,11-12,14,16,19,27H,4-5,9-10,13,24-25H2,1H3,(H,26,28);1H,(H,2,3);1H3/t2*14-,16?,19?;;/m11../s1. The number of anilines is 1. The molecule has 2 saturated carbocycles. The third-order valence-corrected chi connectivity index (χ3v) is 14.8. The second kappa shape index (κ2) is 26.0. The molecule has 372 valence electrons. The van der Waals surface area contributed by atoms with Crippen LogP contribution in [0.5, 0.6) is 0 Å². The first-order chi connectivity index (χ1) is 31.7. The van der Waals surface area contributed by atoms with Crippen molar-refractivity contribution >= 4 is 49.7 Å². The average molecular weight is 990 g/mol. The average Bonchev–Trinajstić information content (AvgIpc) is 3.29.